The molecule has 5 rings (SSSR count). The van der Waals surface area contributed by atoms with E-state index in [1.54, 1.807) is 62.4 Å². The van der Waals surface area contributed by atoms with Crippen molar-refractivity contribution >= 4 is 24.0 Å². The van der Waals surface area contributed by atoms with Crippen molar-refractivity contribution in [3.8, 4) is 0 Å². The number of carbonyl (C=O) groups is 3. The van der Waals surface area contributed by atoms with E-state index >= 15 is 0 Å². The first kappa shape index (κ1) is 30.9. The highest BCUT2D eigenvalue weighted by molar-refractivity contribution is 5.90. The van der Waals surface area contributed by atoms with Crippen molar-refractivity contribution in [2.75, 3.05) is 0 Å². The summed E-state index contributed by atoms with van der Waals surface area (Å²) >= 11 is 0. The van der Waals surface area contributed by atoms with Gasteiger partial charge in [-0.25, -0.2) is 9.59 Å². The van der Waals surface area contributed by atoms with Gasteiger partial charge < -0.3 is 34.3 Å². The lowest BCUT2D eigenvalue weighted by atomic mass is 9.46. The summed E-state index contributed by atoms with van der Waals surface area (Å²) in [6, 6.07) is 17.2. The van der Waals surface area contributed by atoms with Gasteiger partial charge in [0.2, 0.25) is 0 Å². The van der Waals surface area contributed by atoms with Crippen LogP contribution in [0.1, 0.15) is 57.0 Å². The summed E-state index contributed by atoms with van der Waals surface area (Å²) in [7, 11) is 0. The molecule has 3 N–H and O–H groups in total. The zero-order valence-electron chi connectivity index (χ0n) is 24.8. The van der Waals surface area contributed by atoms with E-state index in [0.717, 1.165) is 12.5 Å². The van der Waals surface area contributed by atoms with E-state index in [2.05, 4.69) is 0 Å². The molecule has 0 aromatic heterocycles. The van der Waals surface area contributed by atoms with Crippen LogP contribution in [0.25, 0.3) is 6.08 Å². The third-order valence-corrected chi connectivity index (χ3v) is 9.37. The van der Waals surface area contributed by atoms with Gasteiger partial charge in [-0.2, -0.15) is 0 Å². The van der Waals surface area contributed by atoms with Gasteiger partial charge in [0.05, 0.1) is 40.3 Å². The zero-order chi connectivity index (χ0) is 31.4. The monoisotopic (exact) mass is 594 g/mol. The third kappa shape index (κ3) is 4.86. The molecular formula is C33H38O10. The minimum Gasteiger partial charge on any atom is -0.459 e. The summed E-state index contributed by atoms with van der Waals surface area (Å²) < 4.78 is 24.5. The van der Waals surface area contributed by atoms with E-state index in [0.29, 0.717) is 0 Å². The molecule has 230 valence electrons. The molecular weight excluding hydrogens is 556 g/mol. The molecule has 2 aromatic rings. The molecule has 3 fully saturated rings. The average molecular weight is 595 g/mol. The van der Waals surface area contributed by atoms with Gasteiger partial charge in [-0.05, 0) is 51.5 Å². The Morgan fingerprint density at radius 1 is 0.884 bits per heavy atom. The first-order chi connectivity index (χ1) is 20.2. The maximum Gasteiger partial charge on any atom is 0.338 e. The summed E-state index contributed by atoms with van der Waals surface area (Å²) in [6.07, 6.45) is -4.69. The fraction of sp³-hybridized carbons (Fsp3) is 0.485. The van der Waals surface area contributed by atoms with Gasteiger partial charge in [-0.1, -0.05) is 48.5 Å². The Kier molecular flexibility index (Phi) is 7.79. The Bertz CT molecular complexity index is 1400. The minimum atomic E-state index is -1.92. The standard InChI is InChI=1S/C33H38O10/c1-19(34)40-27-22(35)18-31(4,39)33-26(37)24(30(2,3)43-33)25(41-23(36)17-16-20-12-8-6-9-13-20)28(32(27,33)5)42-29(38)21-14-10-7-11-15-21/h6-17,22,24-28,35,37,39H,18H2,1-5H3. The van der Waals surface area contributed by atoms with Crippen LogP contribution >= 0.6 is 0 Å². The fourth-order valence-electron chi connectivity index (χ4n) is 7.73. The van der Waals surface area contributed by atoms with E-state index < -0.39 is 76.6 Å². The lowest BCUT2D eigenvalue weighted by Gasteiger charge is -2.65. The Hall–Kier alpha value is -3.57. The van der Waals surface area contributed by atoms with Gasteiger partial charge in [0.25, 0.3) is 0 Å². The number of hydrogen-bond acceptors (Lipinski definition) is 10. The molecule has 1 heterocycles. The second kappa shape index (κ2) is 10.9. The van der Waals surface area contributed by atoms with Crippen molar-refractivity contribution < 1.29 is 48.7 Å². The lowest BCUT2D eigenvalue weighted by molar-refractivity contribution is -0.350. The van der Waals surface area contributed by atoms with Crippen LogP contribution in [0.4, 0.5) is 0 Å². The van der Waals surface area contributed by atoms with Crippen LogP contribution < -0.4 is 0 Å². The van der Waals surface area contributed by atoms with E-state index in [4.69, 9.17) is 18.9 Å². The number of hydrogen-bond donors (Lipinski definition) is 3. The van der Waals surface area contributed by atoms with Crippen LogP contribution in [-0.4, -0.2) is 80.6 Å². The molecule has 2 bridgehead atoms. The van der Waals surface area contributed by atoms with Crippen LogP contribution in [0.3, 0.4) is 0 Å². The predicted octanol–water partition coefficient (Wildman–Crippen LogP) is 2.83. The van der Waals surface area contributed by atoms with Crippen molar-refractivity contribution in [2.45, 2.75) is 88.4 Å². The van der Waals surface area contributed by atoms with Crippen molar-refractivity contribution in [2.24, 2.45) is 11.3 Å². The van der Waals surface area contributed by atoms with Gasteiger partial charge in [0.1, 0.15) is 17.8 Å². The van der Waals surface area contributed by atoms with Gasteiger partial charge in [0, 0.05) is 19.4 Å². The van der Waals surface area contributed by atoms with Crippen LogP contribution in [0.5, 0.6) is 0 Å². The Balaban J connectivity index is 1.67. The second-order valence-corrected chi connectivity index (χ2v) is 12.6. The third-order valence-electron chi connectivity index (χ3n) is 9.37. The zero-order valence-corrected chi connectivity index (χ0v) is 24.8. The van der Waals surface area contributed by atoms with Gasteiger partial charge >= 0.3 is 17.9 Å². The van der Waals surface area contributed by atoms with Gasteiger partial charge in [-0.3, -0.25) is 4.79 Å². The Morgan fingerprint density at radius 2 is 1.49 bits per heavy atom. The van der Waals surface area contributed by atoms with Gasteiger partial charge in [-0.15, -0.1) is 0 Å². The second-order valence-electron chi connectivity index (χ2n) is 12.6. The molecule has 1 saturated heterocycles. The quantitative estimate of drug-likeness (QED) is 0.259. The van der Waals surface area contributed by atoms with Crippen molar-refractivity contribution in [1.82, 2.24) is 0 Å². The first-order valence-corrected chi connectivity index (χ1v) is 14.3. The normalized spacial score (nSPS) is 37.8. The van der Waals surface area contributed by atoms with Crippen LogP contribution in [0.15, 0.2) is 66.7 Å². The summed E-state index contributed by atoms with van der Waals surface area (Å²) in [6.45, 7) is 7.46. The molecule has 0 radical (unpaired) electrons. The summed E-state index contributed by atoms with van der Waals surface area (Å²) in [4.78, 5) is 39.3. The lowest BCUT2D eigenvalue weighted by Crippen LogP contribution is -2.83. The molecule has 10 nitrogen and oxygen atoms in total. The number of benzene rings is 2. The molecule has 43 heavy (non-hydrogen) atoms. The fourth-order valence-corrected chi connectivity index (χ4v) is 7.73. The van der Waals surface area contributed by atoms with Crippen LogP contribution in [0.2, 0.25) is 0 Å². The average Bonchev–Trinajstić information content (AvgIpc) is 3.14. The molecule has 3 aliphatic rings. The van der Waals surface area contributed by atoms with Crippen molar-refractivity contribution in [3.05, 3.63) is 77.9 Å². The Morgan fingerprint density at radius 3 is 2.09 bits per heavy atom. The van der Waals surface area contributed by atoms with E-state index in [1.165, 1.54) is 19.9 Å². The number of aliphatic hydroxyl groups excluding tert-OH is 2. The number of esters is 3. The molecule has 0 amide bonds. The SMILES string of the molecule is CC(=O)OC1C(O)CC(C)(O)C23OC(C)(C)C(C(OC(=O)C=Cc4ccccc4)C(OC(=O)c4ccccc4)C12C)C3O. The molecule has 1 spiro atoms. The summed E-state index contributed by atoms with van der Waals surface area (Å²) in [5.74, 6) is -3.31. The molecule has 9 atom stereocenters. The first-order valence-electron chi connectivity index (χ1n) is 14.3. The predicted molar refractivity (Wildman–Crippen MR) is 153 cm³/mol. The molecule has 10 heteroatoms. The highest BCUT2D eigenvalue weighted by atomic mass is 16.6. The highest BCUT2D eigenvalue weighted by Crippen LogP contribution is 2.68. The number of carbonyl (C=O) groups excluding carboxylic acids is 3. The molecule has 2 aromatic carbocycles. The maximum atomic E-state index is 13.6. The molecule has 9 unspecified atom stereocenters. The van der Waals surface area contributed by atoms with E-state index in [9.17, 15) is 29.7 Å². The molecule has 1 aliphatic heterocycles. The van der Waals surface area contributed by atoms with Crippen LogP contribution in [0, 0.1) is 11.3 Å². The number of ether oxygens (including phenoxy) is 4. The van der Waals surface area contributed by atoms with Gasteiger partial charge in [0.15, 0.2) is 6.10 Å². The number of aliphatic hydroxyl groups is 3. The molecule has 2 saturated carbocycles. The Labute approximate surface area is 250 Å². The summed E-state index contributed by atoms with van der Waals surface area (Å²) in [5, 5.41) is 35.3. The smallest absolute Gasteiger partial charge is 0.338 e. The summed E-state index contributed by atoms with van der Waals surface area (Å²) in [5.41, 5.74) is -5.94. The van der Waals surface area contributed by atoms with Crippen molar-refractivity contribution in [1.29, 1.82) is 0 Å². The minimum absolute atomic E-state index is 0.194. The maximum absolute atomic E-state index is 13.6. The largest absolute Gasteiger partial charge is 0.459 e. The van der Waals surface area contributed by atoms with Crippen LogP contribution in [-0.2, 0) is 28.5 Å². The van der Waals surface area contributed by atoms with E-state index in [-0.39, 0.29) is 12.0 Å². The molecule has 2 aliphatic carbocycles. The highest BCUT2D eigenvalue weighted by Gasteiger charge is 2.85. The van der Waals surface area contributed by atoms with E-state index in [1.807, 2.05) is 18.2 Å². The number of fused-ring (bicyclic) bond motifs is 1. The topological polar surface area (TPSA) is 149 Å². The number of rotatable bonds is 6. The van der Waals surface area contributed by atoms with Crippen molar-refractivity contribution in [3.63, 3.8) is 0 Å².